The molecular formula is C7H14ClN3O2S. The summed E-state index contributed by atoms with van der Waals surface area (Å²) in [4.78, 5) is 22.0. The predicted molar refractivity (Wildman–Crippen MR) is 58.3 cm³/mol. The Morgan fingerprint density at radius 3 is 2.71 bits per heavy atom. The minimum Gasteiger partial charge on any atom is -0.368 e. The van der Waals surface area contributed by atoms with E-state index >= 15 is 0 Å². The maximum atomic E-state index is 11.4. The number of thioether (sulfide) groups is 1. The first-order chi connectivity index (χ1) is 6.11. The van der Waals surface area contributed by atoms with Crippen LogP contribution in [0.1, 0.15) is 6.92 Å². The third kappa shape index (κ3) is 3.73. The number of halogens is 1. The predicted octanol–water partition coefficient (Wildman–Crippen LogP) is -0.939. The van der Waals surface area contributed by atoms with Gasteiger partial charge in [0, 0.05) is 11.6 Å². The van der Waals surface area contributed by atoms with Crippen molar-refractivity contribution in [2.75, 3.05) is 11.6 Å². The maximum absolute atomic E-state index is 11.4. The quantitative estimate of drug-likeness (QED) is 0.594. The van der Waals surface area contributed by atoms with Crippen LogP contribution in [0.25, 0.3) is 0 Å². The normalized spacial score (nSPS) is 22.2. The van der Waals surface area contributed by atoms with E-state index in [0.717, 1.165) is 11.6 Å². The molecule has 2 amide bonds. The molecule has 1 rings (SSSR count). The van der Waals surface area contributed by atoms with Gasteiger partial charge in [-0.2, -0.15) is 0 Å². The highest BCUT2D eigenvalue weighted by Gasteiger charge is 2.24. The maximum Gasteiger partial charge on any atom is 0.239 e. The first kappa shape index (κ1) is 13.5. The monoisotopic (exact) mass is 239 g/mol. The van der Waals surface area contributed by atoms with Gasteiger partial charge in [-0.1, -0.05) is 0 Å². The highest BCUT2D eigenvalue weighted by atomic mass is 35.5. The second-order valence-corrected chi connectivity index (χ2v) is 3.93. The van der Waals surface area contributed by atoms with Crippen LogP contribution < -0.4 is 16.4 Å². The number of hydrogen-bond acceptors (Lipinski definition) is 4. The van der Waals surface area contributed by atoms with Gasteiger partial charge in [-0.25, -0.2) is 0 Å². The number of nitrogens with two attached hydrogens (primary N) is 1. The molecule has 1 saturated heterocycles. The standard InChI is InChI=1S/C7H13N3O2S.ClH/c1-4(6(8)11)10-7(12)5-2-13-3-9-5;/h4-5,9H,2-3H2,1H3,(H2,8,11)(H,10,12);1H/t4-,5+;/m0./s1. The number of nitrogens with one attached hydrogen (secondary N) is 2. The zero-order valence-corrected chi connectivity index (χ0v) is 9.41. The van der Waals surface area contributed by atoms with Gasteiger partial charge in [0.25, 0.3) is 0 Å². The Balaban J connectivity index is 0.00000169. The number of carbonyl (C=O) groups excluding carboxylic acids is 2. The number of primary amides is 1. The Bertz CT molecular complexity index is 221. The third-order valence-electron chi connectivity index (χ3n) is 1.82. The molecule has 0 bridgehead atoms. The van der Waals surface area contributed by atoms with E-state index < -0.39 is 11.9 Å². The number of rotatable bonds is 3. The van der Waals surface area contributed by atoms with Crippen molar-refractivity contribution in [3.05, 3.63) is 0 Å². The largest absolute Gasteiger partial charge is 0.368 e. The van der Waals surface area contributed by atoms with Gasteiger partial charge in [0.15, 0.2) is 0 Å². The topological polar surface area (TPSA) is 84.2 Å². The molecule has 1 fully saturated rings. The van der Waals surface area contributed by atoms with Gasteiger partial charge in [0.2, 0.25) is 11.8 Å². The Morgan fingerprint density at radius 1 is 1.64 bits per heavy atom. The third-order valence-corrected chi connectivity index (χ3v) is 2.76. The van der Waals surface area contributed by atoms with E-state index in [2.05, 4.69) is 10.6 Å². The van der Waals surface area contributed by atoms with E-state index in [1.165, 1.54) is 0 Å². The van der Waals surface area contributed by atoms with Crippen LogP contribution in [0.3, 0.4) is 0 Å². The van der Waals surface area contributed by atoms with E-state index in [1.807, 2.05) is 0 Å². The van der Waals surface area contributed by atoms with Crippen LogP contribution in [0.2, 0.25) is 0 Å². The zero-order valence-electron chi connectivity index (χ0n) is 7.78. The van der Waals surface area contributed by atoms with Gasteiger partial charge in [-0.15, -0.1) is 24.2 Å². The molecule has 1 heterocycles. The Hall–Kier alpha value is -0.460. The summed E-state index contributed by atoms with van der Waals surface area (Å²) in [5, 5.41) is 5.53. The summed E-state index contributed by atoms with van der Waals surface area (Å²) in [7, 11) is 0. The fourth-order valence-corrected chi connectivity index (χ4v) is 1.89. The van der Waals surface area contributed by atoms with Gasteiger partial charge in [-0.3, -0.25) is 14.9 Å². The van der Waals surface area contributed by atoms with Crippen LogP contribution in [-0.4, -0.2) is 35.5 Å². The van der Waals surface area contributed by atoms with Gasteiger partial charge < -0.3 is 11.1 Å². The van der Waals surface area contributed by atoms with Crippen molar-refractivity contribution >= 4 is 36.0 Å². The zero-order chi connectivity index (χ0) is 9.84. The summed E-state index contributed by atoms with van der Waals surface area (Å²) in [6.07, 6.45) is 0. The number of amides is 2. The minimum absolute atomic E-state index is 0. The van der Waals surface area contributed by atoms with Crippen LogP contribution in [0.5, 0.6) is 0 Å². The molecule has 0 aromatic carbocycles. The summed E-state index contributed by atoms with van der Waals surface area (Å²) in [6.45, 7) is 1.57. The summed E-state index contributed by atoms with van der Waals surface area (Å²) in [5.74, 6) is 0.857. The molecule has 7 heteroatoms. The van der Waals surface area contributed by atoms with Crippen LogP contribution >= 0.6 is 24.2 Å². The molecule has 4 N–H and O–H groups in total. The second-order valence-electron chi connectivity index (χ2n) is 2.90. The van der Waals surface area contributed by atoms with Crippen molar-refractivity contribution in [3.63, 3.8) is 0 Å². The summed E-state index contributed by atoms with van der Waals surface area (Å²) in [5.41, 5.74) is 5.00. The van der Waals surface area contributed by atoms with E-state index in [9.17, 15) is 9.59 Å². The molecule has 14 heavy (non-hydrogen) atoms. The molecule has 0 unspecified atom stereocenters. The first-order valence-electron chi connectivity index (χ1n) is 4.02. The fraction of sp³-hybridized carbons (Fsp3) is 0.714. The lowest BCUT2D eigenvalue weighted by molar-refractivity contribution is -0.127. The van der Waals surface area contributed by atoms with E-state index in [1.54, 1.807) is 18.7 Å². The number of hydrogen-bond donors (Lipinski definition) is 3. The van der Waals surface area contributed by atoms with E-state index in [-0.39, 0.29) is 24.4 Å². The SMILES string of the molecule is C[C@H](NC(=O)[C@H]1CSCN1)C(N)=O.Cl. The highest BCUT2D eigenvalue weighted by molar-refractivity contribution is 7.99. The lowest BCUT2D eigenvalue weighted by atomic mass is 10.2. The molecule has 0 spiro atoms. The fourth-order valence-electron chi connectivity index (χ4n) is 0.949. The summed E-state index contributed by atoms with van der Waals surface area (Å²) >= 11 is 1.66. The molecule has 0 radical (unpaired) electrons. The lowest BCUT2D eigenvalue weighted by Gasteiger charge is -2.13. The first-order valence-corrected chi connectivity index (χ1v) is 5.17. The molecule has 0 saturated carbocycles. The summed E-state index contributed by atoms with van der Waals surface area (Å²) in [6, 6.07) is -0.785. The van der Waals surface area contributed by atoms with Gasteiger partial charge in [-0.05, 0) is 6.92 Å². The second kappa shape index (κ2) is 6.10. The lowest BCUT2D eigenvalue weighted by Crippen LogP contribution is -2.49. The minimum atomic E-state index is -0.597. The van der Waals surface area contributed by atoms with Gasteiger partial charge in [0.1, 0.15) is 6.04 Å². The number of carbonyl (C=O) groups is 2. The Kier molecular flexibility index (Phi) is 5.90. The molecule has 2 atom stereocenters. The van der Waals surface area contributed by atoms with Gasteiger partial charge in [0.05, 0.1) is 6.04 Å². The van der Waals surface area contributed by atoms with Crippen molar-refractivity contribution in [1.82, 2.24) is 10.6 Å². The Labute approximate surface area is 93.0 Å². The van der Waals surface area contributed by atoms with Gasteiger partial charge >= 0.3 is 0 Å². The molecule has 0 aliphatic carbocycles. The van der Waals surface area contributed by atoms with E-state index in [4.69, 9.17) is 5.73 Å². The van der Waals surface area contributed by atoms with Crippen molar-refractivity contribution in [3.8, 4) is 0 Å². The Morgan fingerprint density at radius 2 is 2.29 bits per heavy atom. The van der Waals surface area contributed by atoms with Crippen molar-refractivity contribution in [2.45, 2.75) is 19.0 Å². The smallest absolute Gasteiger partial charge is 0.239 e. The average molecular weight is 240 g/mol. The van der Waals surface area contributed by atoms with Crippen molar-refractivity contribution in [2.24, 2.45) is 5.73 Å². The average Bonchev–Trinajstić information content (AvgIpc) is 2.55. The highest BCUT2D eigenvalue weighted by Crippen LogP contribution is 2.09. The molecule has 1 aliphatic rings. The molecule has 82 valence electrons. The molecular weight excluding hydrogens is 226 g/mol. The van der Waals surface area contributed by atoms with Crippen LogP contribution in [-0.2, 0) is 9.59 Å². The van der Waals surface area contributed by atoms with Crippen molar-refractivity contribution < 1.29 is 9.59 Å². The van der Waals surface area contributed by atoms with E-state index in [0.29, 0.717) is 0 Å². The van der Waals surface area contributed by atoms with Crippen LogP contribution in [0, 0.1) is 0 Å². The molecule has 0 aromatic rings. The molecule has 0 aromatic heterocycles. The van der Waals surface area contributed by atoms with Crippen LogP contribution in [0.15, 0.2) is 0 Å². The van der Waals surface area contributed by atoms with Crippen LogP contribution in [0.4, 0.5) is 0 Å². The summed E-state index contributed by atoms with van der Waals surface area (Å²) < 4.78 is 0. The molecule has 5 nitrogen and oxygen atoms in total. The van der Waals surface area contributed by atoms with Crippen molar-refractivity contribution in [1.29, 1.82) is 0 Å². The molecule has 1 aliphatic heterocycles.